The third-order valence-electron chi connectivity index (χ3n) is 4.84. The molecule has 2 aromatic rings. The van der Waals surface area contributed by atoms with Gasteiger partial charge in [0.2, 0.25) is 11.8 Å². The van der Waals surface area contributed by atoms with E-state index in [1.54, 1.807) is 24.3 Å². The van der Waals surface area contributed by atoms with E-state index in [9.17, 15) is 14.4 Å². The van der Waals surface area contributed by atoms with Crippen molar-refractivity contribution in [3.8, 4) is 0 Å². The van der Waals surface area contributed by atoms with Crippen LogP contribution in [0.4, 0.5) is 11.4 Å². The largest absolute Gasteiger partial charge is 0.326 e. The van der Waals surface area contributed by atoms with Crippen LogP contribution in [0.3, 0.4) is 0 Å². The van der Waals surface area contributed by atoms with E-state index in [0.29, 0.717) is 23.6 Å². The van der Waals surface area contributed by atoms with Gasteiger partial charge < -0.3 is 10.6 Å². The Morgan fingerprint density at radius 1 is 0.926 bits per heavy atom. The molecule has 0 heterocycles. The molecular weight excluding hydrogens is 340 g/mol. The maximum Gasteiger partial charge on any atom is 0.228 e. The number of ketones is 1. The zero-order chi connectivity index (χ0) is 19.6. The highest BCUT2D eigenvalue weighted by Gasteiger charge is 2.48. The Bertz CT molecular complexity index is 889. The Balaban J connectivity index is 1.60. The maximum atomic E-state index is 12.5. The van der Waals surface area contributed by atoms with Gasteiger partial charge in [-0.25, -0.2) is 0 Å². The molecule has 5 nitrogen and oxygen atoms in total. The van der Waals surface area contributed by atoms with Gasteiger partial charge in [0.25, 0.3) is 0 Å². The molecule has 3 rings (SSSR count). The molecule has 27 heavy (non-hydrogen) atoms. The van der Waals surface area contributed by atoms with E-state index < -0.39 is 0 Å². The lowest BCUT2D eigenvalue weighted by atomic mass is 10.0. The Kier molecular flexibility index (Phi) is 5.40. The minimum atomic E-state index is -0.336. The predicted molar refractivity (Wildman–Crippen MR) is 106 cm³/mol. The van der Waals surface area contributed by atoms with Crippen LogP contribution in [0.2, 0.25) is 0 Å². The van der Waals surface area contributed by atoms with Gasteiger partial charge in [0.15, 0.2) is 5.78 Å². The van der Waals surface area contributed by atoms with Gasteiger partial charge in [0.05, 0.1) is 11.8 Å². The van der Waals surface area contributed by atoms with Crippen molar-refractivity contribution in [2.45, 2.75) is 33.1 Å². The van der Waals surface area contributed by atoms with Crippen LogP contribution >= 0.6 is 0 Å². The lowest BCUT2D eigenvalue weighted by molar-refractivity contribution is -0.122. The van der Waals surface area contributed by atoms with E-state index in [1.165, 1.54) is 6.92 Å². The number of hydrogen-bond donors (Lipinski definition) is 2. The number of rotatable bonds is 6. The summed E-state index contributed by atoms with van der Waals surface area (Å²) in [5.74, 6) is -0.723. The lowest BCUT2D eigenvalue weighted by Crippen LogP contribution is -2.21. The lowest BCUT2D eigenvalue weighted by Gasteiger charge is -2.13. The van der Waals surface area contributed by atoms with Crippen LogP contribution in [0.1, 0.15) is 49.0 Å². The molecule has 0 aliphatic heterocycles. The van der Waals surface area contributed by atoms with Crippen molar-refractivity contribution in [3.63, 3.8) is 0 Å². The number of hydrogen-bond acceptors (Lipinski definition) is 3. The van der Waals surface area contributed by atoms with Gasteiger partial charge >= 0.3 is 0 Å². The molecule has 1 aliphatic rings. The summed E-state index contributed by atoms with van der Waals surface area (Å²) >= 11 is 0. The first-order chi connectivity index (χ1) is 12.9. The SMILES string of the molecule is CC(=O)c1cccc(NC(=O)C2CC2C(=O)Nc2ccccc2C(C)C)c1. The van der Waals surface area contributed by atoms with E-state index in [0.717, 1.165) is 11.3 Å². The molecule has 2 aromatic carbocycles. The molecular formula is C22H24N2O3. The highest BCUT2D eigenvalue weighted by atomic mass is 16.2. The van der Waals surface area contributed by atoms with Gasteiger partial charge in [-0.05, 0) is 43.0 Å². The molecule has 0 spiro atoms. The van der Waals surface area contributed by atoms with Crippen LogP contribution in [-0.4, -0.2) is 17.6 Å². The van der Waals surface area contributed by atoms with Crippen molar-refractivity contribution in [1.82, 2.24) is 0 Å². The quantitative estimate of drug-likeness (QED) is 0.753. The summed E-state index contributed by atoms with van der Waals surface area (Å²) in [5.41, 5.74) is 3.00. The number of nitrogens with one attached hydrogen (secondary N) is 2. The van der Waals surface area contributed by atoms with E-state index in [-0.39, 0.29) is 29.4 Å². The van der Waals surface area contributed by atoms with Crippen LogP contribution in [0.5, 0.6) is 0 Å². The molecule has 5 heteroatoms. The molecule has 1 fully saturated rings. The number of carbonyl (C=O) groups is 3. The van der Waals surface area contributed by atoms with Gasteiger partial charge in [-0.3, -0.25) is 14.4 Å². The highest BCUT2D eigenvalue weighted by molar-refractivity contribution is 6.04. The number of para-hydroxylation sites is 1. The van der Waals surface area contributed by atoms with Crippen molar-refractivity contribution < 1.29 is 14.4 Å². The number of Topliss-reactive ketones (excluding diaryl/α,β-unsaturated/α-hetero) is 1. The average Bonchev–Trinajstić information content (AvgIpc) is 3.43. The Morgan fingerprint density at radius 3 is 2.26 bits per heavy atom. The summed E-state index contributed by atoms with van der Waals surface area (Å²) in [7, 11) is 0. The van der Waals surface area contributed by atoms with Gasteiger partial charge in [-0.2, -0.15) is 0 Å². The summed E-state index contributed by atoms with van der Waals surface area (Å²) in [6.45, 7) is 5.64. The second kappa shape index (κ2) is 7.74. The summed E-state index contributed by atoms with van der Waals surface area (Å²) in [6, 6.07) is 14.5. The van der Waals surface area contributed by atoms with E-state index >= 15 is 0 Å². The Morgan fingerprint density at radius 2 is 1.59 bits per heavy atom. The van der Waals surface area contributed by atoms with Crippen molar-refractivity contribution >= 4 is 29.0 Å². The summed E-state index contributed by atoms with van der Waals surface area (Å²) in [6.07, 6.45) is 0.536. The van der Waals surface area contributed by atoms with Crippen LogP contribution in [0, 0.1) is 11.8 Å². The molecule has 2 N–H and O–H groups in total. The first kappa shape index (κ1) is 18.8. The smallest absolute Gasteiger partial charge is 0.228 e. The molecule has 2 atom stereocenters. The zero-order valence-electron chi connectivity index (χ0n) is 15.8. The third-order valence-corrected chi connectivity index (χ3v) is 4.84. The van der Waals surface area contributed by atoms with Crippen LogP contribution in [0.15, 0.2) is 48.5 Å². The zero-order valence-corrected chi connectivity index (χ0v) is 15.8. The monoisotopic (exact) mass is 364 g/mol. The molecule has 140 valence electrons. The average molecular weight is 364 g/mol. The Hall–Kier alpha value is -2.95. The second-order valence-corrected chi connectivity index (χ2v) is 7.31. The van der Waals surface area contributed by atoms with Gasteiger partial charge in [0, 0.05) is 16.9 Å². The fourth-order valence-electron chi connectivity index (χ4n) is 3.17. The normalized spacial score (nSPS) is 18.1. The standard InChI is InChI=1S/C22H24N2O3/c1-13(2)17-9-4-5-10-20(17)24-22(27)19-12-18(19)21(26)23-16-8-6-7-15(11-16)14(3)25/h4-11,13,18-19H,12H2,1-3H3,(H,23,26)(H,24,27). The highest BCUT2D eigenvalue weighted by Crippen LogP contribution is 2.40. The summed E-state index contributed by atoms with van der Waals surface area (Å²) in [5, 5.41) is 5.77. The number of carbonyl (C=O) groups excluding carboxylic acids is 3. The first-order valence-corrected chi connectivity index (χ1v) is 9.18. The van der Waals surface area contributed by atoms with Crippen molar-refractivity contribution in [1.29, 1.82) is 0 Å². The molecule has 0 radical (unpaired) electrons. The first-order valence-electron chi connectivity index (χ1n) is 9.18. The molecule has 1 aliphatic carbocycles. The minimum Gasteiger partial charge on any atom is -0.326 e. The molecule has 2 amide bonds. The summed E-state index contributed by atoms with van der Waals surface area (Å²) in [4.78, 5) is 36.4. The van der Waals surface area contributed by atoms with E-state index in [4.69, 9.17) is 0 Å². The number of amides is 2. The molecule has 2 unspecified atom stereocenters. The van der Waals surface area contributed by atoms with Crippen LogP contribution < -0.4 is 10.6 Å². The molecule has 1 saturated carbocycles. The maximum absolute atomic E-state index is 12.5. The van der Waals surface area contributed by atoms with Crippen molar-refractivity contribution in [2.24, 2.45) is 11.8 Å². The number of benzene rings is 2. The molecule has 0 bridgehead atoms. The van der Waals surface area contributed by atoms with E-state index in [2.05, 4.69) is 24.5 Å². The van der Waals surface area contributed by atoms with Crippen LogP contribution in [-0.2, 0) is 9.59 Å². The fourth-order valence-corrected chi connectivity index (χ4v) is 3.17. The molecule has 0 saturated heterocycles. The second-order valence-electron chi connectivity index (χ2n) is 7.31. The predicted octanol–water partition coefficient (Wildman–Crippen LogP) is 4.23. The Labute approximate surface area is 159 Å². The van der Waals surface area contributed by atoms with Gasteiger partial charge in [-0.1, -0.05) is 44.2 Å². The van der Waals surface area contributed by atoms with E-state index in [1.807, 2.05) is 24.3 Å². The van der Waals surface area contributed by atoms with Gasteiger partial charge in [-0.15, -0.1) is 0 Å². The fraction of sp³-hybridized carbons (Fsp3) is 0.318. The summed E-state index contributed by atoms with van der Waals surface area (Å²) < 4.78 is 0. The third kappa shape index (κ3) is 4.42. The van der Waals surface area contributed by atoms with Crippen molar-refractivity contribution in [3.05, 3.63) is 59.7 Å². The van der Waals surface area contributed by atoms with Crippen molar-refractivity contribution in [2.75, 3.05) is 10.6 Å². The molecule has 0 aromatic heterocycles. The topological polar surface area (TPSA) is 75.3 Å². The van der Waals surface area contributed by atoms with Gasteiger partial charge in [0.1, 0.15) is 0 Å². The number of anilines is 2. The minimum absolute atomic E-state index is 0.0569. The van der Waals surface area contributed by atoms with Crippen LogP contribution in [0.25, 0.3) is 0 Å².